The van der Waals surface area contributed by atoms with Crippen molar-refractivity contribution in [2.24, 2.45) is 5.92 Å². The van der Waals surface area contributed by atoms with Gasteiger partial charge in [0.15, 0.2) is 0 Å². The lowest BCUT2D eigenvalue weighted by Crippen LogP contribution is -2.32. The molecule has 0 aromatic carbocycles. The van der Waals surface area contributed by atoms with E-state index in [0.29, 0.717) is 0 Å². The molecule has 1 aliphatic heterocycles. The third-order valence-electron chi connectivity index (χ3n) is 2.39. The smallest absolute Gasteiger partial charge is 0.223 e. The number of hydrogen-bond acceptors (Lipinski definition) is 1. The molecule has 1 atom stereocenters. The molecule has 1 unspecified atom stereocenters. The molecule has 1 fully saturated rings. The summed E-state index contributed by atoms with van der Waals surface area (Å²) in [6.07, 6.45) is 5.74. The number of amides is 1. The van der Waals surface area contributed by atoms with Gasteiger partial charge in [0.05, 0.1) is 0 Å². The first-order chi connectivity index (χ1) is 5.34. The van der Waals surface area contributed by atoms with E-state index in [1.807, 2.05) is 0 Å². The maximum atomic E-state index is 11.3. The van der Waals surface area contributed by atoms with Crippen LogP contribution >= 0.6 is 0 Å². The van der Waals surface area contributed by atoms with E-state index >= 15 is 0 Å². The third kappa shape index (κ3) is 2.52. The summed E-state index contributed by atoms with van der Waals surface area (Å²) in [5.41, 5.74) is 0. The van der Waals surface area contributed by atoms with Crippen molar-refractivity contribution in [3.8, 4) is 0 Å². The summed E-state index contributed by atoms with van der Waals surface area (Å²) in [6, 6.07) is 0. The standard InChI is InChI=1S/C9H17NO/c1-2-8-6-4-3-5-7-10-9(8)11/h8H,2-7H2,1H3,(H,10,11). The van der Waals surface area contributed by atoms with Crippen LogP contribution < -0.4 is 5.32 Å². The van der Waals surface area contributed by atoms with Crippen LogP contribution in [-0.2, 0) is 4.79 Å². The maximum Gasteiger partial charge on any atom is 0.223 e. The third-order valence-corrected chi connectivity index (χ3v) is 2.39. The lowest BCUT2D eigenvalue weighted by Gasteiger charge is -2.17. The van der Waals surface area contributed by atoms with Crippen LogP contribution in [-0.4, -0.2) is 12.5 Å². The quantitative estimate of drug-likeness (QED) is 0.613. The highest BCUT2D eigenvalue weighted by molar-refractivity contribution is 5.78. The average molecular weight is 155 g/mol. The molecule has 0 radical (unpaired) electrons. The number of carbonyl (C=O) groups is 1. The Bertz CT molecular complexity index is 134. The molecule has 1 saturated heterocycles. The second kappa shape index (κ2) is 4.37. The van der Waals surface area contributed by atoms with Gasteiger partial charge < -0.3 is 5.32 Å². The molecule has 2 heteroatoms. The van der Waals surface area contributed by atoms with Crippen molar-refractivity contribution in [2.45, 2.75) is 39.0 Å². The van der Waals surface area contributed by atoms with Gasteiger partial charge in [-0.15, -0.1) is 0 Å². The van der Waals surface area contributed by atoms with Gasteiger partial charge in [-0.3, -0.25) is 4.79 Å². The van der Waals surface area contributed by atoms with Crippen LogP contribution in [0.2, 0.25) is 0 Å². The summed E-state index contributed by atoms with van der Waals surface area (Å²) in [7, 11) is 0. The van der Waals surface area contributed by atoms with Gasteiger partial charge in [-0.2, -0.15) is 0 Å². The van der Waals surface area contributed by atoms with Crippen molar-refractivity contribution >= 4 is 5.91 Å². The zero-order chi connectivity index (χ0) is 8.10. The van der Waals surface area contributed by atoms with Gasteiger partial charge in [0.25, 0.3) is 0 Å². The Morgan fingerprint density at radius 3 is 3.00 bits per heavy atom. The topological polar surface area (TPSA) is 29.1 Å². The fourth-order valence-corrected chi connectivity index (χ4v) is 1.57. The van der Waals surface area contributed by atoms with Crippen LogP contribution in [0.5, 0.6) is 0 Å². The van der Waals surface area contributed by atoms with E-state index in [-0.39, 0.29) is 11.8 Å². The minimum absolute atomic E-state index is 0.271. The predicted octanol–water partition coefficient (Wildman–Crippen LogP) is 1.70. The van der Waals surface area contributed by atoms with Crippen LogP contribution in [0.4, 0.5) is 0 Å². The first-order valence-electron chi connectivity index (χ1n) is 4.62. The van der Waals surface area contributed by atoms with Crippen molar-refractivity contribution in [3.63, 3.8) is 0 Å². The van der Waals surface area contributed by atoms with E-state index in [9.17, 15) is 4.79 Å². The van der Waals surface area contributed by atoms with Crippen molar-refractivity contribution in [1.29, 1.82) is 0 Å². The van der Waals surface area contributed by atoms with Gasteiger partial charge in [-0.25, -0.2) is 0 Å². The highest BCUT2D eigenvalue weighted by Gasteiger charge is 2.16. The SMILES string of the molecule is CCC1CCCCCNC1=O. The fourth-order valence-electron chi connectivity index (χ4n) is 1.57. The second-order valence-electron chi connectivity index (χ2n) is 3.25. The van der Waals surface area contributed by atoms with Crippen LogP contribution in [0.3, 0.4) is 0 Å². The Morgan fingerprint density at radius 2 is 2.27 bits per heavy atom. The number of rotatable bonds is 1. The summed E-state index contributed by atoms with van der Waals surface area (Å²) in [6.45, 7) is 2.97. The van der Waals surface area contributed by atoms with Crippen molar-refractivity contribution in [2.75, 3.05) is 6.54 Å². The fraction of sp³-hybridized carbons (Fsp3) is 0.889. The highest BCUT2D eigenvalue weighted by Crippen LogP contribution is 2.15. The van der Waals surface area contributed by atoms with Crippen LogP contribution in [0.1, 0.15) is 39.0 Å². The molecule has 2 nitrogen and oxygen atoms in total. The first kappa shape index (κ1) is 8.57. The Labute approximate surface area is 68.4 Å². The molecule has 1 heterocycles. The molecule has 0 saturated carbocycles. The van der Waals surface area contributed by atoms with Crippen molar-refractivity contribution in [3.05, 3.63) is 0 Å². The van der Waals surface area contributed by atoms with E-state index in [0.717, 1.165) is 25.8 Å². The Balaban J connectivity index is 2.39. The molecule has 0 bridgehead atoms. The summed E-state index contributed by atoms with van der Waals surface area (Å²) >= 11 is 0. The van der Waals surface area contributed by atoms with E-state index in [1.54, 1.807) is 0 Å². The Kier molecular flexibility index (Phi) is 3.40. The second-order valence-corrected chi connectivity index (χ2v) is 3.25. The van der Waals surface area contributed by atoms with Gasteiger partial charge >= 0.3 is 0 Å². The summed E-state index contributed by atoms with van der Waals surface area (Å²) in [5.74, 6) is 0.558. The van der Waals surface area contributed by atoms with Gasteiger partial charge in [0.1, 0.15) is 0 Å². The highest BCUT2D eigenvalue weighted by atomic mass is 16.1. The van der Waals surface area contributed by atoms with Crippen LogP contribution in [0.25, 0.3) is 0 Å². The Hall–Kier alpha value is -0.530. The zero-order valence-corrected chi connectivity index (χ0v) is 7.23. The molecule has 0 aromatic rings. The minimum atomic E-state index is 0.271. The van der Waals surface area contributed by atoms with E-state index < -0.39 is 0 Å². The Morgan fingerprint density at radius 1 is 1.45 bits per heavy atom. The molecule has 11 heavy (non-hydrogen) atoms. The minimum Gasteiger partial charge on any atom is -0.356 e. The molecule has 0 spiro atoms. The number of hydrogen-bond donors (Lipinski definition) is 1. The lowest BCUT2D eigenvalue weighted by atomic mass is 9.96. The summed E-state index contributed by atoms with van der Waals surface area (Å²) in [4.78, 5) is 11.3. The maximum absolute atomic E-state index is 11.3. The molecular formula is C9H17NO. The van der Waals surface area contributed by atoms with Gasteiger partial charge in [0.2, 0.25) is 5.91 Å². The number of nitrogens with one attached hydrogen (secondary N) is 1. The summed E-state index contributed by atoms with van der Waals surface area (Å²) < 4.78 is 0. The molecular weight excluding hydrogens is 138 g/mol. The van der Waals surface area contributed by atoms with E-state index in [4.69, 9.17) is 0 Å². The van der Waals surface area contributed by atoms with E-state index in [1.165, 1.54) is 12.8 Å². The molecule has 1 amide bonds. The van der Waals surface area contributed by atoms with Gasteiger partial charge in [0, 0.05) is 12.5 Å². The average Bonchev–Trinajstić information content (AvgIpc) is 1.98. The van der Waals surface area contributed by atoms with Gasteiger partial charge in [-0.1, -0.05) is 19.8 Å². The molecule has 1 rings (SSSR count). The first-order valence-corrected chi connectivity index (χ1v) is 4.62. The lowest BCUT2D eigenvalue weighted by molar-refractivity contribution is -0.125. The molecule has 0 aromatic heterocycles. The zero-order valence-electron chi connectivity index (χ0n) is 7.23. The normalized spacial score (nSPS) is 27.0. The predicted molar refractivity (Wildman–Crippen MR) is 45.3 cm³/mol. The largest absolute Gasteiger partial charge is 0.356 e. The van der Waals surface area contributed by atoms with Crippen molar-refractivity contribution < 1.29 is 4.79 Å². The monoisotopic (exact) mass is 155 g/mol. The van der Waals surface area contributed by atoms with Gasteiger partial charge in [-0.05, 0) is 19.3 Å². The van der Waals surface area contributed by atoms with E-state index in [2.05, 4.69) is 12.2 Å². The van der Waals surface area contributed by atoms with Crippen molar-refractivity contribution in [1.82, 2.24) is 5.32 Å². The molecule has 0 aliphatic carbocycles. The number of carbonyl (C=O) groups excluding carboxylic acids is 1. The summed E-state index contributed by atoms with van der Waals surface area (Å²) in [5, 5.41) is 2.95. The van der Waals surface area contributed by atoms with Crippen LogP contribution in [0.15, 0.2) is 0 Å². The molecule has 64 valence electrons. The molecule has 1 aliphatic rings. The molecule has 1 N–H and O–H groups in total. The van der Waals surface area contributed by atoms with Crippen LogP contribution in [0, 0.1) is 5.92 Å².